The van der Waals surface area contributed by atoms with E-state index in [1.165, 1.54) is 0 Å². The minimum atomic E-state index is -0.331. The monoisotopic (exact) mass is 341 g/mol. The first kappa shape index (κ1) is 16.6. The highest BCUT2D eigenvalue weighted by atomic mass is 32.2. The molecule has 2 aromatic carbocycles. The number of furan rings is 1. The van der Waals surface area contributed by atoms with Crippen molar-refractivity contribution in [3.63, 3.8) is 0 Å². The van der Waals surface area contributed by atoms with Gasteiger partial charge < -0.3 is 14.5 Å². The van der Waals surface area contributed by atoms with E-state index >= 15 is 0 Å². The van der Waals surface area contributed by atoms with E-state index in [0.717, 1.165) is 15.9 Å². The summed E-state index contributed by atoms with van der Waals surface area (Å²) in [5, 5.41) is 3.95. The van der Waals surface area contributed by atoms with Gasteiger partial charge in [0.2, 0.25) is 0 Å². The Kier molecular flexibility index (Phi) is 5.23. The second-order valence-corrected chi connectivity index (χ2v) is 6.17. The zero-order chi connectivity index (χ0) is 16.9. The molecule has 0 aliphatic carbocycles. The molecule has 3 aromatic rings. The normalized spacial score (nSPS) is 12.2. The number of methoxy groups -OCH3 is 1. The molecule has 0 bridgehead atoms. The van der Waals surface area contributed by atoms with E-state index < -0.39 is 0 Å². The van der Waals surface area contributed by atoms with Gasteiger partial charge in [-0.25, -0.2) is 0 Å². The summed E-state index contributed by atoms with van der Waals surface area (Å²) in [6.45, 7) is 0.345. The molecule has 1 atom stereocenters. The summed E-state index contributed by atoms with van der Waals surface area (Å²) in [4.78, 5) is 13.4. The molecule has 0 fully saturated rings. The molecule has 5 heteroatoms. The van der Waals surface area contributed by atoms with E-state index in [4.69, 9.17) is 9.15 Å². The summed E-state index contributed by atoms with van der Waals surface area (Å²) in [6, 6.07) is 17.3. The first-order valence-electron chi connectivity index (χ1n) is 7.65. The number of benzene rings is 2. The van der Waals surface area contributed by atoms with E-state index in [1.807, 2.05) is 60.9 Å². The third kappa shape index (κ3) is 3.47. The first-order chi connectivity index (χ1) is 11.7. The number of rotatable bonds is 6. The van der Waals surface area contributed by atoms with Gasteiger partial charge in [-0.1, -0.05) is 30.3 Å². The Balaban J connectivity index is 1.72. The molecule has 1 N–H and O–H groups in total. The van der Waals surface area contributed by atoms with Gasteiger partial charge >= 0.3 is 0 Å². The summed E-state index contributed by atoms with van der Waals surface area (Å²) in [5.41, 5.74) is 1.48. The summed E-state index contributed by atoms with van der Waals surface area (Å²) >= 11 is 1.55. The van der Waals surface area contributed by atoms with Crippen molar-refractivity contribution in [2.75, 3.05) is 19.9 Å². The van der Waals surface area contributed by atoms with Gasteiger partial charge in [0.15, 0.2) is 0 Å². The van der Waals surface area contributed by atoms with Crippen LogP contribution in [0.5, 0.6) is 0 Å². The van der Waals surface area contributed by atoms with E-state index in [9.17, 15) is 4.79 Å². The van der Waals surface area contributed by atoms with Crippen LogP contribution in [0.25, 0.3) is 11.0 Å². The molecule has 4 nitrogen and oxygen atoms in total. The van der Waals surface area contributed by atoms with Gasteiger partial charge in [0, 0.05) is 17.4 Å². The molecule has 0 spiro atoms. The molecule has 0 unspecified atom stereocenters. The van der Waals surface area contributed by atoms with Crippen LogP contribution in [0.15, 0.2) is 63.9 Å². The van der Waals surface area contributed by atoms with Crippen LogP contribution < -0.4 is 5.32 Å². The van der Waals surface area contributed by atoms with Crippen LogP contribution in [0.2, 0.25) is 0 Å². The van der Waals surface area contributed by atoms with Crippen LogP contribution in [0.3, 0.4) is 0 Å². The Morgan fingerprint density at radius 3 is 2.71 bits per heavy atom. The molecular formula is C19H19NO3S. The van der Waals surface area contributed by atoms with Gasteiger partial charge in [0.1, 0.15) is 17.4 Å². The van der Waals surface area contributed by atoms with E-state index in [0.29, 0.717) is 17.9 Å². The standard InChI is InChI=1S/C19H19NO3S/c1-22-17(16-11-13-7-3-5-9-15(13)23-16)12-20-19(21)14-8-4-6-10-18(14)24-2/h3-11,17H,12H2,1-2H3,(H,20,21)/t17-/m1/s1. The third-order valence-corrected chi connectivity index (χ3v) is 4.64. The van der Waals surface area contributed by atoms with Crippen molar-refractivity contribution in [3.8, 4) is 0 Å². The Morgan fingerprint density at radius 1 is 1.21 bits per heavy atom. The molecule has 0 aliphatic heterocycles. The van der Waals surface area contributed by atoms with Crippen molar-refractivity contribution < 1.29 is 13.9 Å². The summed E-state index contributed by atoms with van der Waals surface area (Å²) < 4.78 is 11.3. The lowest BCUT2D eigenvalue weighted by molar-refractivity contribution is 0.0745. The maximum absolute atomic E-state index is 12.4. The Hall–Kier alpha value is -2.24. The van der Waals surface area contributed by atoms with Gasteiger partial charge in [-0.05, 0) is 30.5 Å². The minimum Gasteiger partial charge on any atom is -0.458 e. The predicted octanol–water partition coefficient (Wildman–Crippen LogP) is 4.27. The van der Waals surface area contributed by atoms with Crippen molar-refractivity contribution >= 4 is 28.6 Å². The van der Waals surface area contributed by atoms with Crippen molar-refractivity contribution in [2.45, 2.75) is 11.0 Å². The average molecular weight is 341 g/mol. The fourth-order valence-electron chi connectivity index (χ4n) is 2.57. The number of thioether (sulfide) groups is 1. The smallest absolute Gasteiger partial charge is 0.252 e. The average Bonchev–Trinajstić information content (AvgIpc) is 3.05. The number of fused-ring (bicyclic) bond motifs is 1. The van der Waals surface area contributed by atoms with Gasteiger partial charge in [-0.2, -0.15) is 0 Å². The number of carbonyl (C=O) groups excluding carboxylic acids is 1. The Morgan fingerprint density at radius 2 is 1.96 bits per heavy atom. The molecule has 1 heterocycles. The summed E-state index contributed by atoms with van der Waals surface area (Å²) in [6.07, 6.45) is 1.63. The second-order valence-electron chi connectivity index (χ2n) is 5.32. The maximum atomic E-state index is 12.4. The number of amides is 1. The van der Waals surface area contributed by atoms with Crippen LogP contribution in [-0.4, -0.2) is 25.8 Å². The lowest BCUT2D eigenvalue weighted by atomic mass is 10.2. The minimum absolute atomic E-state index is 0.113. The molecule has 0 saturated heterocycles. The summed E-state index contributed by atoms with van der Waals surface area (Å²) in [7, 11) is 1.61. The second kappa shape index (κ2) is 7.55. The Bertz CT molecular complexity index is 810. The van der Waals surface area contributed by atoms with Crippen molar-refractivity contribution in [2.24, 2.45) is 0 Å². The number of hydrogen-bond acceptors (Lipinski definition) is 4. The molecule has 1 amide bonds. The molecule has 0 saturated carbocycles. The third-order valence-electron chi connectivity index (χ3n) is 3.85. The quantitative estimate of drug-likeness (QED) is 0.680. The topological polar surface area (TPSA) is 51.5 Å². The lowest BCUT2D eigenvalue weighted by Crippen LogP contribution is -2.29. The number of para-hydroxylation sites is 1. The van der Waals surface area contributed by atoms with Crippen molar-refractivity contribution in [1.29, 1.82) is 0 Å². The van der Waals surface area contributed by atoms with Gasteiger partial charge in [-0.15, -0.1) is 11.8 Å². The number of carbonyl (C=O) groups is 1. The summed E-state index contributed by atoms with van der Waals surface area (Å²) in [5.74, 6) is 0.593. The lowest BCUT2D eigenvalue weighted by Gasteiger charge is -2.14. The van der Waals surface area contributed by atoms with Crippen molar-refractivity contribution in [1.82, 2.24) is 5.32 Å². The number of nitrogens with one attached hydrogen (secondary N) is 1. The fraction of sp³-hybridized carbons (Fsp3) is 0.211. The maximum Gasteiger partial charge on any atom is 0.252 e. The number of hydrogen-bond donors (Lipinski definition) is 1. The largest absolute Gasteiger partial charge is 0.458 e. The van der Waals surface area contributed by atoms with Crippen LogP contribution in [0, 0.1) is 0 Å². The van der Waals surface area contributed by atoms with E-state index in [-0.39, 0.29) is 12.0 Å². The zero-order valence-corrected chi connectivity index (χ0v) is 14.4. The SMILES string of the molecule is CO[C@H](CNC(=O)c1ccccc1SC)c1cc2ccccc2o1. The molecule has 3 rings (SSSR count). The first-order valence-corrected chi connectivity index (χ1v) is 8.88. The van der Waals surface area contributed by atoms with Crippen LogP contribution in [0.1, 0.15) is 22.2 Å². The Labute approximate surface area is 145 Å². The van der Waals surface area contributed by atoms with Crippen LogP contribution in [-0.2, 0) is 4.74 Å². The molecule has 0 radical (unpaired) electrons. The highest BCUT2D eigenvalue weighted by Gasteiger charge is 2.18. The molecule has 124 valence electrons. The van der Waals surface area contributed by atoms with Crippen LogP contribution in [0.4, 0.5) is 0 Å². The molecule has 1 aromatic heterocycles. The highest BCUT2D eigenvalue weighted by Crippen LogP contribution is 2.25. The molecular weight excluding hydrogens is 322 g/mol. The zero-order valence-electron chi connectivity index (χ0n) is 13.6. The fourth-order valence-corrected chi connectivity index (χ4v) is 3.17. The van der Waals surface area contributed by atoms with Gasteiger partial charge in [0.25, 0.3) is 5.91 Å². The predicted molar refractivity (Wildman–Crippen MR) is 96.5 cm³/mol. The van der Waals surface area contributed by atoms with Gasteiger partial charge in [0.05, 0.1) is 12.1 Å². The van der Waals surface area contributed by atoms with E-state index in [1.54, 1.807) is 18.9 Å². The van der Waals surface area contributed by atoms with Crippen LogP contribution >= 0.6 is 11.8 Å². The van der Waals surface area contributed by atoms with Gasteiger partial charge in [-0.3, -0.25) is 4.79 Å². The van der Waals surface area contributed by atoms with Crippen molar-refractivity contribution in [3.05, 3.63) is 65.9 Å². The van der Waals surface area contributed by atoms with E-state index in [2.05, 4.69) is 5.32 Å². The highest BCUT2D eigenvalue weighted by molar-refractivity contribution is 7.98. The molecule has 24 heavy (non-hydrogen) atoms. The number of ether oxygens (including phenoxy) is 1. The molecule has 0 aliphatic rings.